The molecule has 1 aliphatic rings. The number of rotatable bonds is 5. The van der Waals surface area contributed by atoms with E-state index in [1.807, 2.05) is 49.9 Å². The molecule has 0 saturated carbocycles. The van der Waals surface area contributed by atoms with E-state index in [9.17, 15) is 13.2 Å². The van der Waals surface area contributed by atoms with Crippen LogP contribution in [0.15, 0.2) is 24.3 Å². The van der Waals surface area contributed by atoms with E-state index < -0.39 is 9.84 Å². The summed E-state index contributed by atoms with van der Waals surface area (Å²) in [5, 5.41) is -0.284. The number of likely N-dealkylation sites (tertiary alicyclic amines) is 1. The Hall–Kier alpha value is -1.36. The summed E-state index contributed by atoms with van der Waals surface area (Å²) in [6.45, 7) is 6.97. The molecule has 0 aromatic heterocycles. The van der Waals surface area contributed by atoms with Crippen molar-refractivity contribution in [1.29, 1.82) is 0 Å². The molecule has 1 amide bonds. The van der Waals surface area contributed by atoms with E-state index >= 15 is 0 Å². The topological polar surface area (TPSA) is 54.5 Å². The summed E-state index contributed by atoms with van der Waals surface area (Å²) in [5.41, 5.74) is 2.17. The van der Waals surface area contributed by atoms with Gasteiger partial charge >= 0.3 is 0 Å². The molecule has 0 unspecified atom stereocenters. The number of sulfone groups is 1. The van der Waals surface area contributed by atoms with E-state index in [4.69, 9.17) is 0 Å². The molecule has 0 atom stereocenters. The smallest absolute Gasteiger partial charge is 0.226 e. The Morgan fingerprint density at radius 2 is 1.91 bits per heavy atom. The van der Waals surface area contributed by atoms with Gasteiger partial charge in [0.15, 0.2) is 9.84 Å². The summed E-state index contributed by atoms with van der Waals surface area (Å²) < 4.78 is 24.6. The molecule has 0 bridgehead atoms. The van der Waals surface area contributed by atoms with Crippen LogP contribution in [0.3, 0.4) is 0 Å². The van der Waals surface area contributed by atoms with Crippen molar-refractivity contribution < 1.29 is 13.2 Å². The second-order valence-electron chi connectivity index (χ2n) is 6.97. The summed E-state index contributed by atoms with van der Waals surface area (Å²) >= 11 is 0. The average molecular weight is 337 g/mol. The summed E-state index contributed by atoms with van der Waals surface area (Å²) in [4.78, 5) is 14.2. The monoisotopic (exact) mass is 337 g/mol. The van der Waals surface area contributed by atoms with Crippen LogP contribution in [0.1, 0.15) is 37.8 Å². The molecule has 1 aliphatic heterocycles. The van der Waals surface area contributed by atoms with Gasteiger partial charge in [0, 0.05) is 13.1 Å². The van der Waals surface area contributed by atoms with Crippen molar-refractivity contribution in [3.05, 3.63) is 35.4 Å². The molecule has 0 spiro atoms. The highest BCUT2D eigenvalue weighted by Gasteiger charge is 2.31. The largest absolute Gasteiger partial charge is 0.342 e. The van der Waals surface area contributed by atoms with Crippen molar-refractivity contribution in [3.8, 4) is 0 Å². The van der Waals surface area contributed by atoms with Crippen molar-refractivity contribution in [2.24, 2.45) is 5.92 Å². The van der Waals surface area contributed by atoms with E-state index in [1.165, 1.54) is 0 Å². The van der Waals surface area contributed by atoms with Crippen LogP contribution in [0.4, 0.5) is 0 Å². The second kappa shape index (κ2) is 7.47. The zero-order chi connectivity index (χ0) is 17.0. The lowest BCUT2D eigenvalue weighted by molar-refractivity contribution is -0.131. The van der Waals surface area contributed by atoms with Gasteiger partial charge < -0.3 is 4.90 Å². The molecule has 23 heavy (non-hydrogen) atoms. The molecular weight excluding hydrogens is 310 g/mol. The van der Waals surface area contributed by atoms with Gasteiger partial charge in [-0.3, -0.25) is 4.79 Å². The lowest BCUT2D eigenvalue weighted by atomic mass is 10.1. The quantitative estimate of drug-likeness (QED) is 0.830. The van der Waals surface area contributed by atoms with Gasteiger partial charge in [-0.1, -0.05) is 43.7 Å². The Morgan fingerprint density at radius 1 is 1.26 bits per heavy atom. The number of hydrogen-bond acceptors (Lipinski definition) is 3. The predicted molar refractivity (Wildman–Crippen MR) is 93.1 cm³/mol. The van der Waals surface area contributed by atoms with E-state index in [0.29, 0.717) is 32.4 Å². The zero-order valence-electron chi connectivity index (χ0n) is 14.3. The van der Waals surface area contributed by atoms with Crippen LogP contribution in [-0.4, -0.2) is 43.3 Å². The number of piperidine rings is 1. The van der Waals surface area contributed by atoms with Crippen LogP contribution in [0.2, 0.25) is 0 Å². The minimum Gasteiger partial charge on any atom is -0.342 e. The maximum Gasteiger partial charge on any atom is 0.226 e. The molecule has 1 aromatic rings. The first kappa shape index (κ1) is 18.0. The average Bonchev–Trinajstić information content (AvgIpc) is 2.46. The molecular formula is C18H27NO3S. The van der Waals surface area contributed by atoms with E-state index in [-0.39, 0.29) is 22.8 Å². The lowest BCUT2D eigenvalue weighted by Gasteiger charge is -2.32. The lowest BCUT2D eigenvalue weighted by Crippen LogP contribution is -2.43. The minimum absolute atomic E-state index is 0.0929. The summed E-state index contributed by atoms with van der Waals surface area (Å²) in [5.74, 6) is 0.492. The Labute approximate surface area is 139 Å². The Bertz CT molecular complexity index is 644. The third kappa shape index (κ3) is 5.06. The van der Waals surface area contributed by atoms with Gasteiger partial charge in [0.05, 0.1) is 17.4 Å². The molecule has 4 nitrogen and oxygen atoms in total. The fourth-order valence-corrected chi connectivity index (χ4v) is 5.30. The Morgan fingerprint density at radius 3 is 2.48 bits per heavy atom. The SMILES string of the molecule is Cc1cccc(CC(=O)N2CCC(S(=O)(=O)CC(C)C)CC2)c1. The van der Waals surface area contributed by atoms with Gasteiger partial charge in [0.1, 0.15) is 0 Å². The molecule has 0 N–H and O–H groups in total. The van der Waals surface area contributed by atoms with Crippen molar-refractivity contribution in [2.75, 3.05) is 18.8 Å². The molecule has 0 radical (unpaired) electrons. The van der Waals surface area contributed by atoms with Crippen LogP contribution in [-0.2, 0) is 21.1 Å². The molecule has 0 aliphatic carbocycles. The second-order valence-corrected chi connectivity index (χ2v) is 9.30. The highest BCUT2D eigenvalue weighted by atomic mass is 32.2. The zero-order valence-corrected chi connectivity index (χ0v) is 15.1. The molecule has 2 rings (SSSR count). The first-order chi connectivity index (χ1) is 10.8. The van der Waals surface area contributed by atoms with Crippen LogP contribution in [0.5, 0.6) is 0 Å². The number of carbonyl (C=O) groups is 1. The van der Waals surface area contributed by atoms with Gasteiger partial charge in [0.25, 0.3) is 0 Å². The van der Waals surface area contributed by atoms with Gasteiger partial charge in [-0.05, 0) is 31.2 Å². The predicted octanol–water partition coefficient (Wildman–Crippen LogP) is 2.60. The number of carbonyl (C=O) groups excluding carboxylic acids is 1. The molecule has 1 aromatic carbocycles. The number of amides is 1. The molecule has 5 heteroatoms. The van der Waals surface area contributed by atoms with E-state index in [2.05, 4.69) is 0 Å². The van der Waals surface area contributed by atoms with E-state index in [0.717, 1.165) is 11.1 Å². The highest BCUT2D eigenvalue weighted by molar-refractivity contribution is 7.92. The third-order valence-corrected chi connectivity index (χ3v) is 6.92. The maximum atomic E-state index is 12.4. The van der Waals surface area contributed by atoms with Crippen LogP contribution in [0.25, 0.3) is 0 Å². The fraction of sp³-hybridized carbons (Fsp3) is 0.611. The summed E-state index contributed by atoms with van der Waals surface area (Å²) in [6, 6.07) is 7.96. The van der Waals surface area contributed by atoms with Gasteiger partial charge in [-0.25, -0.2) is 8.42 Å². The molecule has 128 valence electrons. The first-order valence-electron chi connectivity index (χ1n) is 8.33. The maximum absolute atomic E-state index is 12.4. The third-order valence-electron chi connectivity index (χ3n) is 4.31. The van der Waals surface area contributed by atoms with Crippen molar-refractivity contribution in [1.82, 2.24) is 4.90 Å². The van der Waals surface area contributed by atoms with Crippen molar-refractivity contribution in [2.45, 2.75) is 45.3 Å². The number of benzene rings is 1. The van der Waals surface area contributed by atoms with E-state index in [1.54, 1.807) is 0 Å². The van der Waals surface area contributed by atoms with Gasteiger partial charge in [0.2, 0.25) is 5.91 Å². The van der Waals surface area contributed by atoms with Crippen LogP contribution in [0, 0.1) is 12.8 Å². The number of hydrogen-bond donors (Lipinski definition) is 0. The Kier molecular flexibility index (Phi) is 5.84. The first-order valence-corrected chi connectivity index (χ1v) is 10.0. The molecule has 1 saturated heterocycles. The van der Waals surface area contributed by atoms with Crippen LogP contribution < -0.4 is 0 Å². The number of nitrogens with zero attached hydrogens (tertiary/aromatic N) is 1. The Balaban J connectivity index is 1.90. The molecule has 1 heterocycles. The molecule has 1 fully saturated rings. The van der Waals surface area contributed by atoms with Crippen LogP contribution >= 0.6 is 0 Å². The number of aryl methyl sites for hydroxylation is 1. The van der Waals surface area contributed by atoms with Crippen molar-refractivity contribution >= 4 is 15.7 Å². The highest BCUT2D eigenvalue weighted by Crippen LogP contribution is 2.21. The summed E-state index contributed by atoms with van der Waals surface area (Å²) in [7, 11) is -3.03. The minimum atomic E-state index is -3.03. The summed E-state index contributed by atoms with van der Waals surface area (Å²) in [6.07, 6.45) is 1.52. The van der Waals surface area contributed by atoms with Gasteiger partial charge in [-0.15, -0.1) is 0 Å². The normalized spacial score (nSPS) is 16.8. The fourth-order valence-electron chi connectivity index (χ4n) is 3.17. The standard InChI is InChI=1S/C18H27NO3S/c1-14(2)13-23(21,22)17-7-9-19(10-8-17)18(20)12-16-6-4-5-15(3)11-16/h4-6,11,14,17H,7-10,12-13H2,1-3H3. The van der Waals surface area contributed by atoms with Crippen molar-refractivity contribution in [3.63, 3.8) is 0 Å². The van der Waals surface area contributed by atoms with Gasteiger partial charge in [-0.2, -0.15) is 0 Å².